The van der Waals surface area contributed by atoms with Crippen molar-refractivity contribution in [1.82, 2.24) is 0 Å². The number of benzene rings is 2. The number of carbonyl (C=O) groups excluding carboxylic acids is 1. The van der Waals surface area contributed by atoms with E-state index in [9.17, 15) is 39.9 Å². The largest absolute Gasteiger partial charge is 0.439 e. The van der Waals surface area contributed by atoms with Crippen LogP contribution < -0.4 is 14.8 Å². The van der Waals surface area contributed by atoms with Gasteiger partial charge in [0.25, 0.3) is 12.1 Å². The SMILES string of the molecule is O=C(Nc1cccc(OC(F)F)c1)c1ccc(OC(F)(F)C(F)C(F)(F)F)cc1. The third-order valence-corrected chi connectivity index (χ3v) is 3.27. The molecule has 158 valence electrons. The van der Waals surface area contributed by atoms with Crippen LogP contribution in [0.5, 0.6) is 11.5 Å². The van der Waals surface area contributed by atoms with Crippen LogP contribution in [0.3, 0.4) is 0 Å². The maximum atomic E-state index is 13.2. The standard InChI is InChI=1S/C17H11F8NO3/c18-14(16(21,22)23)17(24,25)29-11-6-4-9(5-7-11)13(27)26-10-2-1-3-12(8-10)28-15(19)20/h1-8,14-15H,(H,26,27). The molecule has 1 unspecified atom stereocenters. The monoisotopic (exact) mass is 429 g/mol. The number of rotatable bonds is 7. The lowest BCUT2D eigenvalue weighted by atomic mass is 10.2. The second-order valence-electron chi connectivity index (χ2n) is 5.45. The summed E-state index contributed by atoms with van der Waals surface area (Å²) >= 11 is 0. The fraction of sp³-hybridized carbons (Fsp3) is 0.235. The summed E-state index contributed by atoms with van der Waals surface area (Å²) in [6, 6.07) is 8.33. The molecule has 12 heteroatoms. The number of nitrogens with one attached hydrogen (secondary N) is 1. The van der Waals surface area contributed by atoms with Crippen molar-refractivity contribution in [2.24, 2.45) is 0 Å². The van der Waals surface area contributed by atoms with E-state index in [0.29, 0.717) is 0 Å². The maximum absolute atomic E-state index is 13.2. The summed E-state index contributed by atoms with van der Waals surface area (Å²) in [6.07, 6.45) is -15.5. The molecular weight excluding hydrogens is 418 g/mol. The second kappa shape index (κ2) is 8.53. The Morgan fingerprint density at radius 1 is 0.897 bits per heavy atom. The summed E-state index contributed by atoms with van der Waals surface area (Å²) in [5, 5.41) is 2.32. The van der Waals surface area contributed by atoms with Crippen LogP contribution >= 0.6 is 0 Å². The van der Waals surface area contributed by atoms with Gasteiger partial charge in [0.1, 0.15) is 11.5 Å². The highest BCUT2D eigenvalue weighted by Gasteiger charge is 2.59. The molecule has 0 heterocycles. The van der Waals surface area contributed by atoms with E-state index in [1.807, 2.05) is 0 Å². The molecule has 2 rings (SSSR count). The zero-order valence-electron chi connectivity index (χ0n) is 14.0. The van der Waals surface area contributed by atoms with Crippen molar-refractivity contribution in [3.63, 3.8) is 0 Å². The first-order valence-electron chi connectivity index (χ1n) is 7.62. The van der Waals surface area contributed by atoms with Crippen molar-refractivity contribution in [3.8, 4) is 11.5 Å². The molecule has 1 atom stereocenters. The minimum atomic E-state index is -5.83. The van der Waals surface area contributed by atoms with Gasteiger partial charge in [-0.25, -0.2) is 4.39 Å². The van der Waals surface area contributed by atoms with Gasteiger partial charge in [-0.3, -0.25) is 4.79 Å². The first-order valence-corrected chi connectivity index (χ1v) is 7.62. The first-order chi connectivity index (χ1) is 13.4. The number of alkyl halides is 8. The number of hydrogen-bond acceptors (Lipinski definition) is 3. The molecule has 2 aromatic carbocycles. The number of carbonyl (C=O) groups is 1. The molecule has 0 fully saturated rings. The van der Waals surface area contributed by atoms with Crippen LogP contribution in [0.1, 0.15) is 10.4 Å². The van der Waals surface area contributed by atoms with Gasteiger partial charge < -0.3 is 14.8 Å². The molecule has 1 amide bonds. The van der Waals surface area contributed by atoms with Crippen LogP contribution in [0.4, 0.5) is 40.8 Å². The van der Waals surface area contributed by atoms with Crippen LogP contribution in [0.15, 0.2) is 48.5 Å². The summed E-state index contributed by atoms with van der Waals surface area (Å²) in [5.41, 5.74) is -0.0566. The summed E-state index contributed by atoms with van der Waals surface area (Å²) in [5.74, 6) is -1.84. The summed E-state index contributed by atoms with van der Waals surface area (Å²) in [7, 11) is 0. The van der Waals surface area contributed by atoms with E-state index in [1.165, 1.54) is 18.2 Å². The number of halogens is 8. The van der Waals surface area contributed by atoms with Crippen molar-refractivity contribution in [3.05, 3.63) is 54.1 Å². The quantitative estimate of drug-likeness (QED) is 0.599. The van der Waals surface area contributed by atoms with Crippen LogP contribution in [0.25, 0.3) is 0 Å². The summed E-state index contributed by atoms with van der Waals surface area (Å²) in [4.78, 5) is 12.1. The predicted octanol–water partition coefficient (Wildman–Crippen LogP) is 5.41. The zero-order chi connectivity index (χ0) is 21.8. The van der Waals surface area contributed by atoms with E-state index in [4.69, 9.17) is 0 Å². The molecule has 0 saturated carbocycles. The highest BCUT2D eigenvalue weighted by molar-refractivity contribution is 6.04. The average Bonchev–Trinajstić information content (AvgIpc) is 2.60. The molecule has 0 aliphatic rings. The van der Waals surface area contributed by atoms with E-state index < -0.39 is 36.7 Å². The van der Waals surface area contributed by atoms with Gasteiger partial charge in [0.15, 0.2) is 0 Å². The Hall–Kier alpha value is -3.05. The number of ether oxygens (including phenoxy) is 2. The lowest BCUT2D eigenvalue weighted by molar-refractivity contribution is -0.304. The lowest BCUT2D eigenvalue weighted by Crippen LogP contribution is -2.45. The molecule has 0 aromatic heterocycles. The zero-order valence-corrected chi connectivity index (χ0v) is 14.0. The normalized spacial score (nSPS) is 13.1. The first kappa shape index (κ1) is 22.2. The maximum Gasteiger partial charge on any atom is 0.439 e. The second-order valence-corrected chi connectivity index (χ2v) is 5.45. The molecule has 1 N–H and O–H groups in total. The third kappa shape index (κ3) is 6.22. The minimum absolute atomic E-state index is 0.0745. The van der Waals surface area contributed by atoms with Crippen molar-refractivity contribution in [1.29, 1.82) is 0 Å². The number of hydrogen-bond donors (Lipinski definition) is 1. The van der Waals surface area contributed by atoms with Crippen molar-refractivity contribution < 1.29 is 49.4 Å². The molecule has 2 aromatic rings. The van der Waals surface area contributed by atoms with E-state index in [0.717, 1.165) is 30.3 Å². The molecule has 0 aliphatic heterocycles. The Kier molecular flexibility index (Phi) is 6.55. The van der Waals surface area contributed by atoms with E-state index >= 15 is 0 Å². The van der Waals surface area contributed by atoms with Crippen molar-refractivity contribution >= 4 is 11.6 Å². The van der Waals surface area contributed by atoms with Gasteiger partial charge in [0.05, 0.1) is 0 Å². The summed E-state index contributed by atoms with van der Waals surface area (Å²) < 4.78 is 108. The Bertz CT molecular complexity index is 839. The van der Waals surface area contributed by atoms with Gasteiger partial charge in [0.2, 0.25) is 0 Å². The Balaban J connectivity index is 2.05. The van der Waals surface area contributed by atoms with Gasteiger partial charge in [-0.1, -0.05) is 6.07 Å². The van der Waals surface area contributed by atoms with Crippen molar-refractivity contribution in [2.45, 2.75) is 25.1 Å². The van der Waals surface area contributed by atoms with Crippen LogP contribution in [0, 0.1) is 0 Å². The molecule has 0 aliphatic carbocycles. The number of amides is 1. The fourth-order valence-electron chi connectivity index (χ4n) is 2.03. The van der Waals surface area contributed by atoms with Crippen LogP contribution in [0.2, 0.25) is 0 Å². The Morgan fingerprint density at radius 2 is 1.52 bits per heavy atom. The molecule has 0 spiro atoms. The van der Waals surface area contributed by atoms with Gasteiger partial charge in [-0.2, -0.15) is 30.7 Å². The van der Waals surface area contributed by atoms with Gasteiger partial charge in [0, 0.05) is 17.3 Å². The highest BCUT2D eigenvalue weighted by Crippen LogP contribution is 2.36. The molecule has 0 saturated heterocycles. The van der Waals surface area contributed by atoms with Gasteiger partial charge in [-0.15, -0.1) is 0 Å². The molecule has 0 bridgehead atoms. The topological polar surface area (TPSA) is 47.6 Å². The fourth-order valence-corrected chi connectivity index (χ4v) is 2.03. The molecule has 29 heavy (non-hydrogen) atoms. The summed E-state index contributed by atoms with van der Waals surface area (Å²) in [6.45, 7) is -3.08. The van der Waals surface area contributed by atoms with Crippen LogP contribution in [-0.2, 0) is 0 Å². The van der Waals surface area contributed by atoms with Gasteiger partial charge in [-0.05, 0) is 36.4 Å². The number of anilines is 1. The molecule has 4 nitrogen and oxygen atoms in total. The Morgan fingerprint density at radius 3 is 2.07 bits per heavy atom. The van der Waals surface area contributed by atoms with E-state index in [2.05, 4.69) is 14.8 Å². The van der Waals surface area contributed by atoms with Crippen LogP contribution in [-0.4, -0.2) is 31.0 Å². The predicted molar refractivity (Wildman–Crippen MR) is 84.0 cm³/mol. The smallest absolute Gasteiger partial charge is 0.435 e. The highest BCUT2D eigenvalue weighted by atomic mass is 19.4. The Labute approximate surface area is 158 Å². The van der Waals surface area contributed by atoms with E-state index in [1.54, 1.807) is 0 Å². The average molecular weight is 429 g/mol. The van der Waals surface area contributed by atoms with Crippen molar-refractivity contribution in [2.75, 3.05) is 5.32 Å². The minimum Gasteiger partial charge on any atom is -0.435 e. The molecular formula is C17H11F8NO3. The van der Waals surface area contributed by atoms with Gasteiger partial charge >= 0.3 is 18.9 Å². The van der Waals surface area contributed by atoms with E-state index in [-0.39, 0.29) is 17.0 Å². The third-order valence-electron chi connectivity index (χ3n) is 3.27. The lowest BCUT2D eigenvalue weighted by Gasteiger charge is -2.23. The molecule has 0 radical (unpaired) electrons.